The first kappa shape index (κ1) is 11.5. The highest BCUT2D eigenvalue weighted by Gasteiger charge is 2.27. The van der Waals surface area contributed by atoms with E-state index in [4.69, 9.17) is 5.11 Å². The van der Waals surface area contributed by atoms with Gasteiger partial charge in [0.05, 0.1) is 10.8 Å². The van der Waals surface area contributed by atoms with Crippen molar-refractivity contribution >= 4 is 17.3 Å². The summed E-state index contributed by atoms with van der Waals surface area (Å²) in [7, 11) is 0. The van der Waals surface area contributed by atoms with Gasteiger partial charge in [0.15, 0.2) is 0 Å². The van der Waals surface area contributed by atoms with E-state index >= 15 is 0 Å². The first-order valence-electron chi connectivity index (χ1n) is 5.99. The van der Waals surface area contributed by atoms with Crippen molar-refractivity contribution < 1.29 is 9.90 Å². The molecule has 94 valence electrons. The van der Waals surface area contributed by atoms with Gasteiger partial charge in [-0.2, -0.15) is 0 Å². The predicted molar refractivity (Wildman–Crippen MR) is 69.7 cm³/mol. The molecule has 18 heavy (non-hydrogen) atoms. The number of hydrogen-bond acceptors (Lipinski definition) is 3. The molecular formula is C13H14N2O2S. The molecule has 0 spiro atoms. The third kappa shape index (κ3) is 1.75. The molecule has 0 aliphatic carbocycles. The lowest BCUT2D eigenvalue weighted by atomic mass is 10.00. The Hall–Kier alpha value is -1.62. The minimum atomic E-state index is -0.702. The first-order chi connectivity index (χ1) is 8.66. The Morgan fingerprint density at radius 1 is 1.61 bits per heavy atom. The van der Waals surface area contributed by atoms with Crippen LogP contribution in [0.25, 0.3) is 10.6 Å². The summed E-state index contributed by atoms with van der Waals surface area (Å²) in [5.41, 5.74) is 2.09. The second-order valence-electron chi connectivity index (χ2n) is 4.62. The molecule has 1 unspecified atom stereocenters. The van der Waals surface area contributed by atoms with Crippen LogP contribution in [0, 0.1) is 12.8 Å². The summed E-state index contributed by atoms with van der Waals surface area (Å²) >= 11 is 1.67. The Kier molecular flexibility index (Phi) is 2.70. The molecule has 1 atom stereocenters. The minimum absolute atomic E-state index is 0.276. The molecule has 2 aromatic rings. The minimum Gasteiger partial charge on any atom is -0.481 e. The molecule has 0 saturated carbocycles. The quantitative estimate of drug-likeness (QED) is 0.905. The van der Waals surface area contributed by atoms with Crippen LogP contribution in [-0.2, 0) is 17.8 Å². The van der Waals surface area contributed by atoms with Crippen molar-refractivity contribution in [3.05, 3.63) is 29.0 Å². The lowest BCUT2D eigenvalue weighted by Gasteiger charge is -2.21. The fourth-order valence-corrected chi connectivity index (χ4v) is 3.25. The first-order valence-corrected chi connectivity index (χ1v) is 6.87. The molecule has 0 radical (unpaired) electrons. The van der Waals surface area contributed by atoms with Gasteiger partial charge in [-0.05, 0) is 24.8 Å². The maximum atomic E-state index is 11.1. The van der Waals surface area contributed by atoms with Gasteiger partial charge in [0.2, 0.25) is 0 Å². The Balaban J connectivity index is 2.01. The summed E-state index contributed by atoms with van der Waals surface area (Å²) < 4.78 is 2.07. The number of carboxylic acids is 1. The van der Waals surface area contributed by atoms with Gasteiger partial charge in [0.1, 0.15) is 11.5 Å². The van der Waals surface area contributed by atoms with Gasteiger partial charge in [-0.15, -0.1) is 11.3 Å². The standard InChI is InChI=1S/C13H14N2O2S/c1-8-12(10-3-2-6-18-10)14-11-5-4-9(13(16)17)7-15(8)11/h2-3,6,9H,4-5,7H2,1H3,(H,16,17). The number of aromatic nitrogens is 2. The van der Waals surface area contributed by atoms with E-state index in [9.17, 15) is 4.79 Å². The Morgan fingerprint density at radius 3 is 3.11 bits per heavy atom. The van der Waals surface area contributed by atoms with Gasteiger partial charge in [-0.3, -0.25) is 4.79 Å². The summed E-state index contributed by atoms with van der Waals surface area (Å²) in [4.78, 5) is 16.9. The number of thiophene rings is 1. The van der Waals surface area contributed by atoms with E-state index in [1.807, 2.05) is 18.4 Å². The van der Waals surface area contributed by atoms with Crippen molar-refractivity contribution in [3.63, 3.8) is 0 Å². The second-order valence-corrected chi connectivity index (χ2v) is 5.57. The van der Waals surface area contributed by atoms with Gasteiger partial charge in [-0.25, -0.2) is 4.98 Å². The molecule has 0 bridgehead atoms. The van der Waals surface area contributed by atoms with Gasteiger partial charge in [0.25, 0.3) is 0 Å². The maximum Gasteiger partial charge on any atom is 0.308 e. The molecule has 0 fully saturated rings. The van der Waals surface area contributed by atoms with Gasteiger partial charge >= 0.3 is 5.97 Å². The lowest BCUT2D eigenvalue weighted by molar-refractivity contribution is -0.142. The third-order valence-corrected chi connectivity index (χ3v) is 4.40. The van der Waals surface area contributed by atoms with Crippen LogP contribution >= 0.6 is 11.3 Å². The maximum absolute atomic E-state index is 11.1. The summed E-state index contributed by atoms with van der Waals surface area (Å²) in [6.07, 6.45) is 1.44. The van der Waals surface area contributed by atoms with Crippen LogP contribution in [0.15, 0.2) is 17.5 Å². The average molecular weight is 262 g/mol. The largest absolute Gasteiger partial charge is 0.481 e. The highest BCUT2D eigenvalue weighted by molar-refractivity contribution is 7.13. The van der Waals surface area contributed by atoms with Crippen molar-refractivity contribution in [1.82, 2.24) is 9.55 Å². The number of carboxylic acid groups (broad SMARTS) is 1. The van der Waals surface area contributed by atoms with E-state index in [0.29, 0.717) is 13.0 Å². The average Bonchev–Trinajstić information content (AvgIpc) is 2.97. The Bertz CT molecular complexity index is 586. The number of aryl methyl sites for hydroxylation is 1. The Labute approximate surface area is 109 Å². The molecular weight excluding hydrogens is 248 g/mol. The summed E-state index contributed by atoms with van der Waals surface area (Å²) in [5, 5.41) is 11.1. The van der Waals surface area contributed by atoms with E-state index in [1.165, 1.54) is 0 Å². The highest BCUT2D eigenvalue weighted by atomic mass is 32.1. The van der Waals surface area contributed by atoms with Crippen LogP contribution in [0.4, 0.5) is 0 Å². The van der Waals surface area contributed by atoms with Crippen molar-refractivity contribution in [1.29, 1.82) is 0 Å². The number of hydrogen-bond donors (Lipinski definition) is 1. The molecule has 0 aromatic carbocycles. The van der Waals surface area contributed by atoms with E-state index in [0.717, 1.165) is 28.5 Å². The van der Waals surface area contributed by atoms with E-state index in [1.54, 1.807) is 11.3 Å². The summed E-state index contributed by atoms with van der Waals surface area (Å²) in [6, 6.07) is 4.07. The van der Waals surface area contributed by atoms with E-state index in [2.05, 4.69) is 15.6 Å². The number of imidazole rings is 1. The lowest BCUT2D eigenvalue weighted by Crippen LogP contribution is -2.27. The Morgan fingerprint density at radius 2 is 2.44 bits per heavy atom. The van der Waals surface area contributed by atoms with Crippen LogP contribution in [0.2, 0.25) is 0 Å². The van der Waals surface area contributed by atoms with Crippen molar-refractivity contribution in [3.8, 4) is 10.6 Å². The number of rotatable bonds is 2. The molecule has 1 N–H and O–H groups in total. The van der Waals surface area contributed by atoms with Crippen LogP contribution < -0.4 is 0 Å². The van der Waals surface area contributed by atoms with E-state index in [-0.39, 0.29) is 5.92 Å². The fraction of sp³-hybridized carbons (Fsp3) is 0.385. The molecule has 1 aliphatic rings. The zero-order valence-electron chi connectivity index (χ0n) is 10.1. The van der Waals surface area contributed by atoms with Crippen molar-refractivity contribution in [2.24, 2.45) is 5.92 Å². The monoisotopic (exact) mass is 262 g/mol. The summed E-state index contributed by atoms with van der Waals surface area (Å²) in [5.74, 6) is 0.0430. The van der Waals surface area contributed by atoms with Gasteiger partial charge in [0, 0.05) is 18.7 Å². The zero-order valence-corrected chi connectivity index (χ0v) is 10.9. The SMILES string of the molecule is Cc1c(-c2cccs2)nc2n1CC(C(=O)O)CC2. The second kappa shape index (κ2) is 4.24. The molecule has 3 heterocycles. The van der Waals surface area contributed by atoms with Crippen LogP contribution in [-0.4, -0.2) is 20.6 Å². The third-order valence-electron chi connectivity index (χ3n) is 3.52. The van der Waals surface area contributed by atoms with Crippen LogP contribution in [0.5, 0.6) is 0 Å². The van der Waals surface area contributed by atoms with Crippen molar-refractivity contribution in [2.75, 3.05) is 0 Å². The molecule has 2 aromatic heterocycles. The zero-order chi connectivity index (χ0) is 12.7. The van der Waals surface area contributed by atoms with Crippen molar-refractivity contribution in [2.45, 2.75) is 26.3 Å². The predicted octanol–water partition coefficient (Wildman–Crippen LogP) is 2.57. The van der Waals surface area contributed by atoms with Crippen LogP contribution in [0.3, 0.4) is 0 Å². The number of nitrogens with zero attached hydrogens (tertiary/aromatic N) is 2. The van der Waals surface area contributed by atoms with Crippen LogP contribution in [0.1, 0.15) is 17.9 Å². The molecule has 3 rings (SSSR count). The molecule has 1 aliphatic heterocycles. The highest BCUT2D eigenvalue weighted by Crippen LogP contribution is 2.31. The topological polar surface area (TPSA) is 55.1 Å². The molecule has 0 saturated heterocycles. The van der Waals surface area contributed by atoms with Gasteiger partial charge in [-0.1, -0.05) is 6.07 Å². The van der Waals surface area contributed by atoms with Gasteiger partial charge < -0.3 is 9.67 Å². The number of carbonyl (C=O) groups is 1. The molecule has 4 nitrogen and oxygen atoms in total. The van der Waals surface area contributed by atoms with E-state index < -0.39 is 5.97 Å². The normalized spacial score (nSPS) is 18.6. The number of aliphatic carboxylic acids is 1. The molecule has 5 heteroatoms. The summed E-state index contributed by atoms with van der Waals surface area (Å²) in [6.45, 7) is 2.57. The number of fused-ring (bicyclic) bond motifs is 1. The smallest absolute Gasteiger partial charge is 0.308 e. The fourth-order valence-electron chi connectivity index (χ4n) is 2.49. The molecule has 0 amide bonds.